The molecule has 0 atom stereocenters. The number of fused-ring (bicyclic) bond motifs is 1. The average molecular weight is 451 g/mol. The van der Waals surface area contributed by atoms with E-state index in [9.17, 15) is 18.4 Å². The van der Waals surface area contributed by atoms with Crippen molar-refractivity contribution in [3.8, 4) is 22.6 Å². The lowest BCUT2D eigenvalue weighted by atomic mass is 9.87. The third-order valence-corrected chi connectivity index (χ3v) is 6.31. The zero-order chi connectivity index (χ0) is 23.5. The molecule has 1 aliphatic rings. The number of ether oxygens (including phenoxy) is 1. The maximum atomic E-state index is 13.5. The lowest BCUT2D eigenvalue weighted by Crippen LogP contribution is -2.40. The number of nitrogens with zero attached hydrogens (tertiary/aromatic N) is 2. The van der Waals surface area contributed by atoms with E-state index >= 15 is 0 Å². The van der Waals surface area contributed by atoms with Gasteiger partial charge in [-0.3, -0.25) is 9.59 Å². The van der Waals surface area contributed by atoms with E-state index in [1.165, 1.54) is 21.4 Å². The van der Waals surface area contributed by atoms with Crippen molar-refractivity contribution in [2.45, 2.75) is 38.7 Å². The first-order valence-corrected chi connectivity index (χ1v) is 10.7. The second-order valence-corrected chi connectivity index (χ2v) is 8.76. The van der Waals surface area contributed by atoms with Gasteiger partial charge in [-0.2, -0.15) is 0 Å². The number of H-pyrrole nitrogens is 1. The van der Waals surface area contributed by atoms with Crippen LogP contribution in [0, 0.1) is 13.8 Å². The number of halogens is 2. The second-order valence-electron chi connectivity index (χ2n) is 8.76. The Morgan fingerprint density at radius 1 is 1.06 bits per heavy atom. The van der Waals surface area contributed by atoms with E-state index in [0.29, 0.717) is 33.5 Å². The minimum absolute atomic E-state index is 0.194. The number of aromatic amines is 1. The summed E-state index contributed by atoms with van der Waals surface area (Å²) in [5, 5.41) is 0.650. The number of aryl methyl sites for hydroxylation is 3. The van der Waals surface area contributed by atoms with Gasteiger partial charge in [-0.15, -0.1) is 0 Å². The quantitative estimate of drug-likeness (QED) is 0.471. The molecule has 3 aromatic heterocycles. The van der Waals surface area contributed by atoms with Crippen LogP contribution in [0.5, 0.6) is 11.5 Å². The summed E-state index contributed by atoms with van der Waals surface area (Å²) in [6.07, 6.45) is 4.09. The van der Waals surface area contributed by atoms with Crippen LogP contribution in [-0.2, 0) is 7.05 Å². The van der Waals surface area contributed by atoms with Crippen molar-refractivity contribution >= 4 is 10.9 Å². The van der Waals surface area contributed by atoms with Crippen LogP contribution >= 0.6 is 0 Å². The summed E-state index contributed by atoms with van der Waals surface area (Å²) in [6, 6.07) is 8.35. The summed E-state index contributed by atoms with van der Waals surface area (Å²) in [4.78, 5) is 28.5. The SMILES string of the molecule is Cc1cccc(C)c1Oc1cn(C2CC(F)(F)C2)c(=O)cc1-c1cn(C)c(=O)c2[nH]ccc12. The number of pyridine rings is 2. The van der Waals surface area contributed by atoms with E-state index in [-0.39, 0.29) is 18.4 Å². The normalized spacial score (nSPS) is 15.5. The summed E-state index contributed by atoms with van der Waals surface area (Å²) in [6.45, 7) is 3.84. The van der Waals surface area contributed by atoms with Gasteiger partial charge in [-0.25, -0.2) is 8.78 Å². The molecule has 0 saturated heterocycles. The fraction of sp³-hybridized carbons (Fsp3) is 0.280. The second kappa shape index (κ2) is 7.43. The first kappa shape index (κ1) is 21.2. The third-order valence-electron chi connectivity index (χ3n) is 6.31. The largest absolute Gasteiger partial charge is 0.455 e. The van der Waals surface area contributed by atoms with Gasteiger partial charge in [0.25, 0.3) is 17.0 Å². The highest BCUT2D eigenvalue weighted by atomic mass is 19.3. The fourth-order valence-corrected chi connectivity index (χ4v) is 4.49. The van der Waals surface area contributed by atoms with Gasteiger partial charge >= 0.3 is 0 Å². The van der Waals surface area contributed by atoms with E-state index in [0.717, 1.165) is 11.1 Å². The summed E-state index contributed by atoms with van der Waals surface area (Å²) < 4.78 is 36.2. The Morgan fingerprint density at radius 3 is 2.42 bits per heavy atom. The summed E-state index contributed by atoms with van der Waals surface area (Å²) in [5.41, 5.74) is 2.76. The van der Waals surface area contributed by atoms with Crippen molar-refractivity contribution < 1.29 is 13.5 Å². The van der Waals surface area contributed by atoms with Gasteiger partial charge in [0.2, 0.25) is 0 Å². The van der Waals surface area contributed by atoms with Crippen LogP contribution in [-0.4, -0.2) is 20.0 Å². The van der Waals surface area contributed by atoms with Crippen LogP contribution < -0.4 is 15.9 Å². The molecule has 1 saturated carbocycles. The highest BCUT2D eigenvalue weighted by molar-refractivity contribution is 5.95. The van der Waals surface area contributed by atoms with Crippen LogP contribution in [0.25, 0.3) is 22.0 Å². The molecule has 4 aromatic rings. The Hall–Kier alpha value is -3.68. The predicted octanol–water partition coefficient (Wildman–Crippen LogP) is 5.07. The van der Waals surface area contributed by atoms with Gasteiger partial charge in [-0.05, 0) is 31.0 Å². The molecule has 0 unspecified atom stereocenters. The number of aromatic nitrogens is 3. The van der Waals surface area contributed by atoms with E-state index < -0.39 is 17.5 Å². The van der Waals surface area contributed by atoms with Crippen LogP contribution in [0.2, 0.25) is 0 Å². The number of alkyl halides is 2. The molecule has 1 aromatic carbocycles. The molecule has 1 N–H and O–H groups in total. The predicted molar refractivity (Wildman–Crippen MR) is 122 cm³/mol. The number of hydrogen-bond acceptors (Lipinski definition) is 3. The molecule has 0 radical (unpaired) electrons. The fourth-order valence-electron chi connectivity index (χ4n) is 4.49. The lowest BCUT2D eigenvalue weighted by molar-refractivity contribution is -0.105. The monoisotopic (exact) mass is 451 g/mol. The van der Waals surface area contributed by atoms with Crippen molar-refractivity contribution in [2.75, 3.05) is 0 Å². The van der Waals surface area contributed by atoms with Crippen molar-refractivity contribution in [1.82, 2.24) is 14.1 Å². The number of nitrogens with one attached hydrogen (secondary N) is 1. The van der Waals surface area contributed by atoms with Gasteiger partial charge < -0.3 is 18.9 Å². The molecule has 6 nitrogen and oxygen atoms in total. The maximum absolute atomic E-state index is 13.5. The Bertz CT molecular complexity index is 1490. The Balaban J connectivity index is 1.74. The topological polar surface area (TPSA) is 69.0 Å². The smallest absolute Gasteiger partial charge is 0.274 e. The van der Waals surface area contributed by atoms with E-state index in [2.05, 4.69) is 4.98 Å². The number of para-hydroxylation sites is 1. The zero-order valence-electron chi connectivity index (χ0n) is 18.5. The van der Waals surface area contributed by atoms with Crippen molar-refractivity contribution in [1.29, 1.82) is 0 Å². The number of hydrogen-bond donors (Lipinski definition) is 1. The molecule has 3 heterocycles. The van der Waals surface area contributed by atoms with Crippen LogP contribution in [0.1, 0.15) is 30.0 Å². The van der Waals surface area contributed by atoms with Gasteiger partial charge in [0.1, 0.15) is 11.3 Å². The van der Waals surface area contributed by atoms with Gasteiger partial charge in [0, 0.05) is 60.9 Å². The molecule has 0 aliphatic heterocycles. The minimum Gasteiger partial charge on any atom is -0.455 e. The zero-order valence-corrected chi connectivity index (χ0v) is 18.5. The maximum Gasteiger partial charge on any atom is 0.274 e. The van der Waals surface area contributed by atoms with Crippen LogP contribution in [0.4, 0.5) is 8.78 Å². The molecule has 1 fully saturated rings. The first-order chi connectivity index (χ1) is 15.6. The highest BCUT2D eigenvalue weighted by Crippen LogP contribution is 2.46. The molecule has 1 aliphatic carbocycles. The third kappa shape index (κ3) is 3.55. The van der Waals surface area contributed by atoms with Gasteiger partial charge in [0.15, 0.2) is 5.75 Å². The van der Waals surface area contributed by atoms with Gasteiger partial charge in [0.05, 0.1) is 6.20 Å². The highest BCUT2D eigenvalue weighted by Gasteiger charge is 2.46. The van der Waals surface area contributed by atoms with E-state index in [1.807, 2.05) is 32.0 Å². The molecular formula is C25H23F2N3O3. The number of rotatable bonds is 4. The molecule has 8 heteroatoms. The Morgan fingerprint density at radius 2 is 1.76 bits per heavy atom. The van der Waals surface area contributed by atoms with Gasteiger partial charge in [-0.1, -0.05) is 18.2 Å². The van der Waals surface area contributed by atoms with Crippen LogP contribution in [0.3, 0.4) is 0 Å². The average Bonchev–Trinajstić information content (AvgIpc) is 3.23. The lowest BCUT2D eigenvalue weighted by Gasteiger charge is -2.36. The molecule has 0 bridgehead atoms. The molecule has 0 spiro atoms. The summed E-state index contributed by atoms with van der Waals surface area (Å²) >= 11 is 0. The van der Waals surface area contributed by atoms with Crippen molar-refractivity contribution in [3.05, 3.63) is 80.8 Å². The molecule has 5 rings (SSSR count). The Kier molecular flexibility index (Phi) is 4.77. The molecular weight excluding hydrogens is 428 g/mol. The molecule has 33 heavy (non-hydrogen) atoms. The molecule has 0 amide bonds. The van der Waals surface area contributed by atoms with E-state index in [1.54, 1.807) is 25.5 Å². The Labute approximate surface area is 188 Å². The summed E-state index contributed by atoms with van der Waals surface area (Å²) in [7, 11) is 1.63. The van der Waals surface area contributed by atoms with Crippen LogP contribution in [0.15, 0.2) is 58.5 Å². The first-order valence-electron chi connectivity index (χ1n) is 10.7. The minimum atomic E-state index is -2.76. The van der Waals surface area contributed by atoms with E-state index in [4.69, 9.17) is 4.74 Å². The van der Waals surface area contributed by atoms with Crippen molar-refractivity contribution in [2.24, 2.45) is 7.05 Å². The molecule has 170 valence electrons. The number of benzene rings is 1. The summed E-state index contributed by atoms with van der Waals surface area (Å²) in [5.74, 6) is -1.76. The standard InChI is InChI=1S/C25H23F2N3O3/c1-14-5-4-6-15(2)23(14)33-20-13-30(16-10-25(26,27)11-16)21(31)9-18(20)19-12-29(3)24(32)22-17(19)7-8-28-22/h4-9,12-13,16,28H,10-11H2,1-3H3. The van der Waals surface area contributed by atoms with Crippen molar-refractivity contribution in [3.63, 3.8) is 0 Å².